The molecule has 2 aromatic heterocycles. The van der Waals surface area contributed by atoms with Gasteiger partial charge >= 0.3 is 0 Å². The van der Waals surface area contributed by atoms with Gasteiger partial charge in [0.05, 0.1) is 5.75 Å². The maximum atomic E-state index is 5.95. The lowest BCUT2D eigenvalue weighted by Crippen LogP contribution is -1.95. The summed E-state index contributed by atoms with van der Waals surface area (Å²) in [5, 5.41) is 14.1. The molecule has 0 aliphatic heterocycles. The van der Waals surface area contributed by atoms with E-state index in [0.29, 0.717) is 22.5 Å². The van der Waals surface area contributed by atoms with Gasteiger partial charge in [0.15, 0.2) is 11.0 Å². The third kappa shape index (κ3) is 3.95. The van der Waals surface area contributed by atoms with Gasteiger partial charge in [-0.1, -0.05) is 59.7 Å². The minimum Gasteiger partial charge on any atom is -0.338 e. The average molecular weight is 412 g/mol. The van der Waals surface area contributed by atoms with Crippen molar-refractivity contribution in [3.05, 3.63) is 65.0 Å². The van der Waals surface area contributed by atoms with Crippen molar-refractivity contribution in [2.75, 3.05) is 0 Å². The molecule has 2 heterocycles. The molecule has 0 atom stereocenters. The molecule has 28 heavy (non-hydrogen) atoms. The van der Waals surface area contributed by atoms with Crippen molar-refractivity contribution < 1.29 is 4.52 Å². The van der Waals surface area contributed by atoms with Gasteiger partial charge in [0.2, 0.25) is 11.7 Å². The molecule has 0 aliphatic rings. The molecule has 0 amide bonds. The molecule has 0 N–H and O–H groups in total. The summed E-state index contributed by atoms with van der Waals surface area (Å²) in [6, 6.07) is 15.7. The van der Waals surface area contributed by atoms with Crippen LogP contribution in [-0.4, -0.2) is 24.9 Å². The molecule has 0 spiro atoms. The molecule has 2 aromatic carbocycles. The Balaban J connectivity index is 1.45. The third-order valence-electron chi connectivity index (χ3n) is 4.35. The van der Waals surface area contributed by atoms with Gasteiger partial charge in [0, 0.05) is 23.2 Å². The second-order valence-electron chi connectivity index (χ2n) is 6.22. The van der Waals surface area contributed by atoms with Gasteiger partial charge in [-0.3, -0.25) is 0 Å². The highest BCUT2D eigenvalue weighted by Crippen LogP contribution is 2.26. The Morgan fingerprint density at radius 1 is 1.00 bits per heavy atom. The molecule has 0 radical (unpaired) electrons. The first-order valence-corrected chi connectivity index (χ1v) is 10.2. The van der Waals surface area contributed by atoms with Crippen molar-refractivity contribution >= 4 is 23.4 Å². The van der Waals surface area contributed by atoms with Crippen LogP contribution in [0.1, 0.15) is 18.4 Å². The summed E-state index contributed by atoms with van der Waals surface area (Å²) in [7, 11) is 1.93. The van der Waals surface area contributed by atoms with Crippen LogP contribution in [0.3, 0.4) is 0 Å². The highest BCUT2D eigenvalue weighted by Gasteiger charge is 2.14. The van der Waals surface area contributed by atoms with E-state index in [-0.39, 0.29) is 0 Å². The van der Waals surface area contributed by atoms with E-state index in [1.165, 1.54) is 17.3 Å². The predicted molar refractivity (Wildman–Crippen MR) is 110 cm³/mol. The molecule has 4 rings (SSSR count). The Labute approximate surface area is 172 Å². The van der Waals surface area contributed by atoms with E-state index in [0.717, 1.165) is 28.5 Å². The number of hydrogen-bond donors (Lipinski definition) is 0. The summed E-state index contributed by atoms with van der Waals surface area (Å²) >= 11 is 7.45. The van der Waals surface area contributed by atoms with Crippen molar-refractivity contribution in [2.24, 2.45) is 7.05 Å². The Morgan fingerprint density at radius 3 is 2.43 bits per heavy atom. The van der Waals surface area contributed by atoms with E-state index in [1.54, 1.807) is 0 Å². The van der Waals surface area contributed by atoms with Crippen LogP contribution < -0.4 is 0 Å². The van der Waals surface area contributed by atoms with E-state index in [4.69, 9.17) is 16.1 Å². The van der Waals surface area contributed by atoms with E-state index < -0.39 is 0 Å². The highest BCUT2D eigenvalue weighted by molar-refractivity contribution is 7.98. The number of halogens is 1. The van der Waals surface area contributed by atoms with E-state index >= 15 is 0 Å². The Hall–Kier alpha value is -2.64. The molecule has 4 aromatic rings. The first-order valence-electron chi connectivity index (χ1n) is 8.84. The quantitative estimate of drug-likeness (QED) is 0.414. The second-order valence-corrected chi connectivity index (χ2v) is 7.60. The summed E-state index contributed by atoms with van der Waals surface area (Å²) in [5.41, 5.74) is 3.18. The van der Waals surface area contributed by atoms with Crippen molar-refractivity contribution in [3.8, 4) is 22.8 Å². The molecule has 6 nitrogen and oxygen atoms in total. The lowest BCUT2D eigenvalue weighted by Gasteiger charge is -2.03. The van der Waals surface area contributed by atoms with Gasteiger partial charge < -0.3 is 9.09 Å². The molecule has 0 bridgehead atoms. The molecule has 0 saturated heterocycles. The molecule has 0 unspecified atom stereocenters. The Kier molecular flexibility index (Phi) is 5.45. The van der Waals surface area contributed by atoms with Gasteiger partial charge in [-0.25, -0.2) is 0 Å². The zero-order chi connectivity index (χ0) is 19.5. The van der Waals surface area contributed by atoms with Crippen molar-refractivity contribution in [3.63, 3.8) is 0 Å². The normalized spacial score (nSPS) is 11.1. The number of rotatable bonds is 6. The summed E-state index contributed by atoms with van der Waals surface area (Å²) in [6.45, 7) is 2.13. The lowest BCUT2D eigenvalue weighted by molar-refractivity contribution is 0.391. The van der Waals surface area contributed by atoms with E-state index in [9.17, 15) is 0 Å². The summed E-state index contributed by atoms with van der Waals surface area (Å²) < 4.78 is 7.33. The maximum Gasteiger partial charge on any atom is 0.237 e. The Bertz CT molecular complexity index is 1070. The SMILES string of the molecule is CCc1ccc(-c2noc(CSc3nnc(-c4ccc(Cl)cc4)n3C)n2)cc1. The monoisotopic (exact) mass is 411 g/mol. The van der Waals surface area contributed by atoms with E-state index in [2.05, 4.69) is 39.4 Å². The fraction of sp³-hybridized carbons (Fsp3) is 0.200. The van der Waals surface area contributed by atoms with Crippen LogP contribution in [0.25, 0.3) is 22.8 Å². The Morgan fingerprint density at radius 2 is 1.71 bits per heavy atom. The molecular weight excluding hydrogens is 394 g/mol. The molecule has 0 fully saturated rings. The summed E-state index contributed by atoms with van der Waals surface area (Å²) in [5.74, 6) is 2.45. The topological polar surface area (TPSA) is 69.6 Å². The van der Waals surface area contributed by atoms with Gasteiger partial charge in [0.25, 0.3) is 0 Å². The van der Waals surface area contributed by atoms with Gasteiger partial charge in [0.1, 0.15) is 0 Å². The fourth-order valence-electron chi connectivity index (χ4n) is 2.74. The summed E-state index contributed by atoms with van der Waals surface area (Å²) in [4.78, 5) is 4.48. The largest absolute Gasteiger partial charge is 0.338 e. The van der Waals surface area contributed by atoms with Gasteiger partial charge in [-0.2, -0.15) is 4.98 Å². The number of nitrogens with zero attached hydrogens (tertiary/aromatic N) is 5. The van der Waals surface area contributed by atoms with Crippen molar-refractivity contribution in [1.82, 2.24) is 24.9 Å². The lowest BCUT2D eigenvalue weighted by atomic mass is 10.1. The first-order chi connectivity index (χ1) is 13.6. The highest BCUT2D eigenvalue weighted by atomic mass is 35.5. The van der Waals surface area contributed by atoms with Gasteiger partial charge in [-0.05, 0) is 36.2 Å². The molecule has 142 valence electrons. The minimum absolute atomic E-state index is 0.520. The number of thioether (sulfide) groups is 1. The van der Waals surface area contributed by atoms with Crippen LogP contribution in [0.15, 0.2) is 58.2 Å². The van der Waals surface area contributed by atoms with Crippen LogP contribution in [0.5, 0.6) is 0 Å². The van der Waals surface area contributed by atoms with Crippen molar-refractivity contribution in [1.29, 1.82) is 0 Å². The zero-order valence-corrected chi connectivity index (χ0v) is 17.0. The zero-order valence-electron chi connectivity index (χ0n) is 15.5. The van der Waals surface area contributed by atoms with Crippen molar-refractivity contribution in [2.45, 2.75) is 24.3 Å². The minimum atomic E-state index is 0.520. The molecular formula is C20H18ClN5OS. The van der Waals surface area contributed by atoms with Crippen LogP contribution >= 0.6 is 23.4 Å². The van der Waals surface area contributed by atoms with Crippen LogP contribution in [-0.2, 0) is 19.2 Å². The smallest absolute Gasteiger partial charge is 0.237 e. The standard InChI is InChI=1S/C20H18ClN5OS/c1-3-13-4-6-14(7-5-13)18-22-17(27-25-18)12-28-20-24-23-19(26(20)2)15-8-10-16(21)11-9-15/h4-11H,3,12H2,1-2H3. The van der Waals surface area contributed by atoms with E-state index in [1.807, 2.05) is 48.0 Å². The summed E-state index contributed by atoms with van der Waals surface area (Å²) in [6.07, 6.45) is 1.00. The maximum absolute atomic E-state index is 5.95. The number of benzene rings is 2. The second kappa shape index (κ2) is 8.16. The molecule has 8 heteroatoms. The van der Waals surface area contributed by atoms with Crippen LogP contribution in [0.2, 0.25) is 5.02 Å². The fourth-order valence-corrected chi connectivity index (χ4v) is 3.61. The predicted octanol–water partition coefficient (Wildman–Crippen LogP) is 5.04. The van der Waals surface area contributed by atoms with Crippen LogP contribution in [0.4, 0.5) is 0 Å². The number of hydrogen-bond acceptors (Lipinski definition) is 6. The average Bonchev–Trinajstić information content (AvgIpc) is 3.34. The molecule has 0 saturated carbocycles. The third-order valence-corrected chi connectivity index (χ3v) is 5.61. The molecule has 0 aliphatic carbocycles. The first kappa shape index (κ1) is 18.7. The van der Waals surface area contributed by atoms with Gasteiger partial charge in [-0.15, -0.1) is 10.2 Å². The van der Waals surface area contributed by atoms with Crippen LogP contribution in [0, 0.1) is 0 Å². The number of aromatic nitrogens is 5. The number of aryl methyl sites for hydroxylation is 1.